The van der Waals surface area contributed by atoms with Crippen LogP contribution in [-0.2, 0) is 4.79 Å². The Hall–Kier alpha value is -1.59. The highest BCUT2D eigenvalue weighted by molar-refractivity contribution is 5.97. The molecule has 6 heteroatoms. The molecule has 0 bridgehead atoms. The number of carbonyl (C=O) groups is 2. The second-order valence-electron chi connectivity index (χ2n) is 6.73. The van der Waals surface area contributed by atoms with E-state index >= 15 is 0 Å². The first-order chi connectivity index (χ1) is 10.9. The Labute approximate surface area is 150 Å². The number of piperidine rings is 1. The molecule has 2 rings (SSSR count). The van der Waals surface area contributed by atoms with Gasteiger partial charge in [0.05, 0.1) is 0 Å². The maximum absolute atomic E-state index is 12.8. The van der Waals surface area contributed by atoms with Gasteiger partial charge in [0.25, 0.3) is 5.91 Å². The molecule has 1 heterocycles. The van der Waals surface area contributed by atoms with Gasteiger partial charge in [-0.2, -0.15) is 0 Å². The van der Waals surface area contributed by atoms with E-state index in [0.29, 0.717) is 18.7 Å². The largest absolute Gasteiger partial charge is 0.341 e. The second kappa shape index (κ2) is 9.04. The van der Waals surface area contributed by atoms with E-state index in [1.165, 1.54) is 0 Å². The van der Waals surface area contributed by atoms with Crippen LogP contribution in [0.2, 0.25) is 0 Å². The predicted octanol–water partition coefficient (Wildman–Crippen LogP) is 2.12. The molecule has 0 saturated carbocycles. The fourth-order valence-corrected chi connectivity index (χ4v) is 2.84. The summed E-state index contributed by atoms with van der Waals surface area (Å²) in [7, 11) is 0. The quantitative estimate of drug-likeness (QED) is 0.870. The van der Waals surface area contributed by atoms with Crippen LogP contribution in [0.1, 0.15) is 42.6 Å². The first-order valence-electron chi connectivity index (χ1n) is 8.30. The van der Waals surface area contributed by atoms with Gasteiger partial charge in [-0.05, 0) is 37.8 Å². The van der Waals surface area contributed by atoms with Gasteiger partial charge < -0.3 is 16.0 Å². The van der Waals surface area contributed by atoms with E-state index in [4.69, 9.17) is 5.73 Å². The van der Waals surface area contributed by atoms with Crippen molar-refractivity contribution in [3.63, 3.8) is 0 Å². The van der Waals surface area contributed by atoms with Crippen LogP contribution in [0.4, 0.5) is 0 Å². The summed E-state index contributed by atoms with van der Waals surface area (Å²) in [6, 6.07) is 7.07. The van der Waals surface area contributed by atoms with E-state index in [1.807, 2.05) is 43.9 Å². The standard InChI is InChI=1S/C18H27N3O2.ClH/c1-12(2)16(18(23)21-9-7-15(19)8-10-21)20-17(22)14-6-4-5-13(3)11-14;/h4-6,11-12,15-16H,7-10,19H2,1-3H3,(H,20,22);1H. The van der Waals surface area contributed by atoms with Crippen molar-refractivity contribution in [3.05, 3.63) is 35.4 Å². The lowest BCUT2D eigenvalue weighted by atomic mass is 9.99. The van der Waals surface area contributed by atoms with Gasteiger partial charge in [0.2, 0.25) is 5.91 Å². The van der Waals surface area contributed by atoms with Crippen molar-refractivity contribution in [3.8, 4) is 0 Å². The van der Waals surface area contributed by atoms with Crippen LogP contribution >= 0.6 is 12.4 Å². The molecule has 1 aromatic rings. The van der Waals surface area contributed by atoms with E-state index < -0.39 is 6.04 Å². The summed E-state index contributed by atoms with van der Waals surface area (Å²) in [6.07, 6.45) is 1.64. The molecule has 1 aromatic carbocycles. The van der Waals surface area contributed by atoms with E-state index in [9.17, 15) is 9.59 Å². The Morgan fingerprint density at radius 2 is 1.88 bits per heavy atom. The first-order valence-corrected chi connectivity index (χ1v) is 8.30. The number of likely N-dealkylation sites (tertiary alicyclic amines) is 1. The van der Waals surface area contributed by atoms with E-state index in [0.717, 1.165) is 18.4 Å². The van der Waals surface area contributed by atoms with Crippen LogP contribution in [0.3, 0.4) is 0 Å². The van der Waals surface area contributed by atoms with Gasteiger partial charge >= 0.3 is 0 Å². The number of carbonyl (C=O) groups excluding carboxylic acids is 2. The first kappa shape index (κ1) is 20.5. The van der Waals surface area contributed by atoms with E-state index in [1.54, 1.807) is 6.07 Å². The normalized spacial score (nSPS) is 16.5. The summed E-state index contributed by atoms with van der Waals surface area (Å²) in [5, 5.41) is 2.91. The van der Waals surface area contributed by atoms with Crippen molar-refractivity contribution in [1.82, 2.24) is 10.2 Å². The number of amides is 2. The topological polar surface area (TPSA) is 75.4 Å². The molecule has 0 radical (unpaired) electrons. The van der Waals surface area contributed by atoms with Crippen molar-refractivity contribution in [2.45, 2.75) is 45.7 Å². The molecule has 134 valence electrons. The molecule has 5 nitrogen and oxygen atoms in total. The number of hydrogen-bond acceptors (Lipinski definition) is 3. The lowest BCUT2D eigenvalue weighted by Crippen LogP contribution is -2.54. The zero-order valence-electron chi connectivity index (χ0n) is 14.6. The number of halogens is 1. The van der Waals surface area contributed by atoms with Crippen molar-refractivity contribution in [1.29, 1.82) is 0 Å². The molecule has 1 aliphatic heterocycles. The van der Waals surface area contributed by atoms with Crippen molar-refractivity contribution < 1.29 is 9.59 Å². The average Bonchev–Trinajstić information content (AvgIpc) is 2.52. The molecule has 1 aliphatic rings. The van der Waals surface area contributed by atoms with Crippen LogP contribution in [-0.4, -0.2) is 41.9 Å². The molecule has 1 fully saturated rings. The predicted molar refractivity (Wildman–Crippen MR) is 98.3 cm³/mol. The molecule has 1 unspecified atom stereocenters. The Morgan fingerprint density at radius 1 is 1.25 bits per heavy atom. The number of aryl methyl sites for hydroxylation is 1. The maximum Gasteiger partial charge on any atom is 0.251 e. The lowest BCUT2D eigenvalue weighted by Gasteiger charge is -2.34. The maximum atomic E-state index is 12.8. The van der Waals surface area contributed by atoms with Crippen LogP contribution in [0.25, 0.3) is 0 Å². The zero-order chi connectivity index (χ0) is 17.0. The van der Waals surface area contributed by atoms with Crippen molar-refractivity contribution in [2.75, 3.05) is 13.1 Å². The van der Waals surface area contributed by atoms with Gasteiger partial charge in [-0.3, -0.25) is 9.59 Å². The molecule has 3 N–H and O–H groups in total. The third-order valence-electron chi connectivity index (χ3n) is 4.35. The van der Waals surface area contributed by atoms with E-state index in [-0.39, 0.29) is 36.2 Å². The zero-order valence-corrected chi connectivity index (χ0v) is 15.4. The highest BCUT2D eigenvalue weighted by Crippen LogP contribution is 2.14. The molecule has 0 aromatic heterocycles. The van der Waals surface area contributed by atoms with Crippen LogP contribution < -0.4 is 11.1 Å². The molecular weight excluding hydrogens is 326 g/mol. The Balaban J connectivity index is 0.00000288. The summed E-state index contributed by atoms with van der Waals surface area (Å²) < 4.78 is 0. The smallest absolute Gasteiger partial charge is 0.251 e. The Morgan fingerprint density at radius 3 is 2.42 bits per heavy atom. The van der Waals surface area contributed by atoms with Gasteiger partial charge in [0.15, 0.2) is 0 Å². The molecule has 0 spiro atoms. The molecule has 1 saturated heterocycles. The van der Waals surface area contributed by atoms with Gasteiger partial charge in [0, 0.05) is 24.7 Å². The van der Waals surface area contributed by atoms with Crippen LogP contribution in [0, 0.1) is 12.8 Å². The van der Waals surface area contributed by atoms with Gasteiger partial charge in [-0.1, -0.05) is 31.5 Å². The Kier molecular flexibility index (Phi) is 7.70. The van der Waals surface area contributed by atoms with Gasteiger partial charge in [-0.15, -0.1) is 12.4 Å². The fraction of sp³-hybridized carbons (Fsp3) is 0.556. The summed E-state index contributed by atoms with van der Waals surface area (Å²) in [6.45, 7) is 7.19. The molecule has 0 aliphatic carbocycles. The highest BCUT2D eigenvalue weighted by atomic mass is 35.5. The van der Waals surface area contributed by atoms with Crippen molar-refractivity contribution >= 4 is 24.2 Å². The number of benzene rings is 1. The summed E-state index contributed by atoms with van der Waals surface area (Å²) in [5.74, 6) is -0.172. The number of nitrogens with two attached hydrogens (primary N) is 1. The molecule has 24 heavy (non-hydrogen) atoms. The summed E-state index contributed by atoms with van der Waals surface area (Å²) >= 11 is 0. The van der Waals surface area contributed by atoms with Crippen molar-refractivity contribution in [2.24, 2.45) is 11.7 Å². The number of rotatable bonds is 4. The summed E-state index contributed by atoms with van der Waals surface area (Å²) in [4.78, 5) is 27.0. The third-order valence-corrected chi connectivity index (χ3v) is 4.35. The fourth-order valence-electron chi connectivity index (χ4n) is 2.84. The van der Waals surface area contributed by atoms with E-state index in [2.05, 4.69) is 5.32 Å². The lowest BCUT2D eigenvalue weighted by molar-refractivity contribution is -0.135. The number of nitrogens with one attached hydrogen (secondary N) is 1. The minimum absolute atomic E-state index is 0. The van der Waals surface area contributed by atoms with Gasteiger partial charge in [0.1, 0.15) is 6.04 Å². The Bertz CT molecular complexity index is 569. The SMILES string of the molecule is Cc1cccc(C(=O)NC(C(=O)N2CCC(N)CC2)C(C)C)c1.Cl. The minimum atomic E-state index is -0.502. The highest BCUT2D eigenvalue weighted by Gasteiger charge is 2.30. The second-order valence-corrected chi connectivity index (χ2v) is 6.73. The number of hydrogen-bond donors (Lipinski definition) is 2. The number of nitrogens with zero attached hydrogens (tertiary/aromatic N) is 1. The molecule has 2 amide bonds. The molecular formula is C18H28ClN3O2. The average molecular weight is 354 g/mol. The summed E-state index contributed by atoms with van der Waals surface area (Å²) in [5.41, 5.74) is 7.51. The van der Waals surface area contributed by atoms with Crippen LogP contribution in [0.5, 0.6) is 0 Å². The minimum Gasteiger partial charge on any atom is -0.341 e. The third kappa shape index (κ3) is 5.21. The molecule has 1 atom stereocenters. The monoisotopic (exact) mass is 353 g/mol. The van der Waals surface area contributed by atoms with Gasteiger partial charge in [-0.25, -0.2) is 0 Å². The van der Waals surface area contributed by atoms with Crippen LogP contribution in [0.15, 0.2) is 24.3 Å².